The molecule has 4 aromatic rings. The van der Waals surface area contributed by atoms with E-state index in [-0.39, 0.29) is 5.91 Å². The average molecular weight is 369 g/mol. The minimum atomic E-state index is 0.0170. The number of aromatic nitrogens is 2. The molecular weight excluding hydrogens is 346 g/mol. The Balaban J connectivity index is 1.45. The molecule has 4 rings (SSSR count). The highest BCUT2D eigenvalue weighted by molar-refractivity contribution is 5.91. The van der Waals surface area contributed by atoms with Gasteiger partial charge < -0.3 is 9.72 Å². The SMILES string of the molecule is Cc1ccc(CCC(=O)Nc2cccc(-c3cn4cc(C)ccc4n3)c2)cc1. The second-order valence-corrected chi connectivity index (χ2v) is 7.21. The van der Waals surface area contributed by atoms with Crippen LogP contribution in [0.2, 0.25) is 0 Å². The van der Waals surface area contributed by atoms with Gasteiger partial charge in [0.2, 0.25) is 5.91 Å². The number of amides is 1. The normalized spacial score (nSPS) is 10.9. The van der Waals surface area contributed by atoms with Gasteiger partial charge in [0.05, 0.1) is 5.69 Å². The van der Waals surface area contributed by atoms with Gasteiger partial charge in [0.25, 0.3) is 0 Å². The first kappa shape index (κ1) is 18.0. The Bertz CT molecular complexity index is 1130. The molecule has 0 bridgehead atoms. The molecule has 2 aromatic heterocycles. The van der Waals surface area contributed by atoms with E-state index in [0.29, 0.717) is 6.42 Å². The Morgan fingerprint density at radius 2 is 1.75 bits per heavy atom. The van der Waals surface area contributed by atoms with Crippen molar-refractivity contribution < 1.29 is 4.79 Å². The van der Waals surface area contributed by atoms with E-state index in [2.05, 4.69) is 60.7 Å². The molecule has 28 heavy (non-hydrogen) atoms. The number of nitrogens with zero attached hydrogens (tertiary/aromatic N) is 2. The summed E-state index contributed by atoms with van der Waals surface area (Å²) in [5.74, 6) is 0.0170. The van der Waals surface area contributed by atoms with Crippen molar-refractivity contribution in [3.8, 4) is 11.3 Å². The zero-order valence-corrected chi connectivity index (χ0v) is 16.1. The number of nitrogens with one attached hydrogen (secondary N) is 1. The molecule has 0 unspecified atom stereocenters. The zero-order chi connectivity index (χ0) is 19.5. The van der Waals surface area contributed by atoms with Crippen molar-refractivity contribution in [1.82, 2.24) is 9.38 Å². The van der Waals surface area contributed by atoms with Gasteiger partial charge in [-0.05, 0) is 49.6 Å². The van der Waals surface area contributed by atoms with Gasteiger partial charge in [0.1, 0.15) is 5.65 Å². The van der Waals surface area contributed by atoms with Crippen LogP contribution >= 0.6 is 0 Å². The van der Waals surface area contributed by atoms with Gasteiger partial charge in [-0.25, -0.2) is 4.98 Å². The number of aryl methyl sites for hydroxylation is 3. The van der Waals surface area contributed by atoms with E-state index >= 15 is 0 Å². The largest absolute Gasteiger partial charge is 0.326 e. The smallest absolute Gasteiger partial charge is 0.224 e. The van der Waals surface area contributed by atoms with Crippen LogP contribution in [0.25, 0.3) is 16.9 Å². The summed E-state index contributed by atoms with van der Waals surface area (Å²) >= 11 is 0. The topological polar surface area (TPSA) is 46.4 Å². The van der Waals surface area contributed by atoms with E-state index < -0.39 is 0 Å². The van der Waals surface area contributed by atoms with Crippen LogP contribution in [0.3, 0.4) is 0 Å². The number of hydrogen-bond donors (Lipinski definition) is 1. The molecule has 1 amide bonds. The van der Waals surface area contributed by atoms with Gasteiger partial charge in [0, 0.05) is 30.1 Å². The van der Waals surface area contributed by atoms with Crippen LogP contribution in [-0.4, -0.2) is 15.3 Å². The first-order chi connectivity index (χ1) is 13.6. The van der Waals surface area contributed by atoms with E-state index in [1.54, 1.807) is 0 Å². The van der Waals surface area contributed by atoms with Crippen LogP contribution in [0.1, 0.15) is 23.1 Å². The van der Waals surface area contributed by atoms with E-state index in [9.17, 15) is 4.79 Å². The average Bonchev–Trinajstić information content (AvgIpc) is 3.11. The summed E-state index contributed by atoms with van der Waals surface area (Å²) in [6.07, 6.45) is 5.27. The third kappa shape index (κ3) is 4.12. The number of anilines is 1. The molecule has 2 heterocycles. The lowest BCUT2D eigenvalue weighted by molar-refractivity contribution is -0.116. The number of hydrogen-bond acceptors (Lipinski definition) is 2. The van der Waals surface area contributed by atoms with Crippen molar-refractivity contribution in [3.05, 3.63) is 89.7 Å². The molecule has 2 aromatic carbocycles. The Morgan fingerprint density at radius 3 is 2.57 bits per heavy atom. The molecule has 0 spiro atoms. The molecule has 0 aliphatic heterocycles. The van der Waals surface area contributed by atoms with Crippen molar-refractivity contribution in [2.75, 3.05) is 5.32 Å². The number of carbonyl (C=O) groups is 1. The molecule has 0 saturated heterocycles. The number of carbonyl (C=O) groups excluding carboxylic acids is 1. The van der Waals surface area contributed by atoms with Crippen molar-refractivity contribution in [2.24, 2.45) is 0 Å². The predicted molar refractivity (Wildman–Crippen MR) is 113 cm³/mol. The standard InChI is InChI=1S/C24H23N3O/c1-17-6-9-19(10-7-17)11-13-24(28)25-21-5-3-4-20(14-21)22-16-27-15-18(2)8-12-23(27)26-22/h3-10,12,14-16H,11,13H2,1-2H3,(H,25,28). The molecule has 0 fully saturated rings. The van der Waals surface area contributed by atoms with Crippen LogP contribution in [0.15, 0.2) is 73.1 Å². The Morgan fingerprint density at radius 1 is 0.964 bits per heavy atom. The van der Waals surface area contributed by atoms with E-state index in [4.69, 9.17) is 0 Å². The van der Waals surface area contributed by atoms with E-state index in [1.165, 1.54) is 16.7 Å². The lowest BCUT2D eigenvalue weighted by Gasteiger charge is -2.07. The van der Waals surface area contributed by atoms with Gasteiger partial charge in [0.15, 0.2) is 0 Å². The molecule has 4 nitrogen and oxygen atoms in total. The first-order valence-electron chi connectivity index (χ1n) is 9.48. The third-order valence-corrected chi connectivity index (χ3v) is 4.80. The summed E-state index contributed by atoms with van der Waals surface area (Å²) in [6, 6.07) is 20.2. The van der Waals surface area contributed by atoms with Gasteiger partial charge in [-0.2, -0.15) is 0 Å². The summed E-state index contributed by atoms with van der Waals surface area (Å²) in [5, 5.41) is 3.00. The van der Waals surface area contributed by atoms with Crippen LogP contribution in [0.4, 0.5) is 5.69 Å². The van der Waals surface area contributed by atoms with E-state index in [0.717, 1.165) is 29.0 Å². The maximum atomic E-state index is 12.3. The third-order valence-electron chi connectivity index (χ3n) is 4.80. The van der Waals surface area contributed by atoms with Crippen molar-refractivity contribution in [1.29, 1.82) is 0 Å². The monoisotopic (exact) mass is 369 g/mol. The second-order valence-electron chi connectivity index (χ2n) is 7.21. The molecule has 4 heteroatoms. The number of imidazole rings is 1. The molecule has 0 radical (unpaired) electrons. The van der Waals surface area contributed by atoms with Crippen molar-refractivity contribution >= 4 is 17.2 Å². The van der Waals surface area contributed by atoms with Gasteiger partial charge in [-0.15, -0.1) is 0 Å². The minimum absolute atomic E-state index is 0.0170. The molecule has 0 aliphatic rings. The highest BCUT2D eigenvalue weighted by Gasteiger charge is 2.08. The minimum Gasteiger partial charge on any atom is -0.326 e. The van der Waals surface area contributed by atoms with Crippen LogP contribution in [0, 0.1) is 13.8 Å². The molecular formula is C24H23N3O. The summed E-state index contributed by atoms with van der Waals surface area (Å²) in [4.78, 5) is 17.0. The summed E-state index contributed by atoms with van der Waals surface area (Å²) < 4.78 is 2.03. The maximum absolute atomic E-state index is 12.3. The lowest BCUT2D eigenvalue weighted by Crippen LogP contribution is -2.12. The van der Waals surface area contributed by atoms with Gasteiger partial charge in [-0.3, -0.25) is 4.79 Å². The predicted octanol–water partition coefficient (Wildman–Crippen LogP) is 5.19. The lowest BCUT2D eigenvalue weighted by atomic mass is 10.1. The van der Waals surface area contributed by atoms with Crippen LogP contribution < -0.4 is 5.32 Å². The maximum Gasteiger partial charge on any atom is 0.224 e. The molecule has 140 valence electrons. The number of rotatable bonds is 5. The van der Waals surface area contributed by atoms with Gasteiger partial charge in [-0.1, -0.05) is 48.0 Å². The quantitative estimate of drug-likeness (QED) is 0.526. The Hall–Kier alpha value is -3.40. The fraction of sp³-hybridized carbons (Fsp3) is 0.167. The van der Waals surface area contributed by atoms with Crippen molar-refractivity contribution in [2.45, 2.75) is 26.7 Å². The number of pyridine rings is 1. The van der Waals surface area contributed by atoms with Gasteiger partial charge >= 0.3 is 0 Å². The van der Waals surface area contributed by atoms with Crippen molar-refractivity contribution in [3.63, 3.8) is 0 Å². The summed E-state index contributed by atoms with van der Waals surface area (Å²) in [7, 11) is 0. The molecule has 0 saturated carbocycles. The first-order valence-corrected chi connectivity index (χ1v) is 9.48. The Labute approximate surface area is 164 Å². The van der Waals surface area contributed by atoms with E-state index in [1.807, 2.05) is 40.9 Å². The summed E-state index contributed by atoms with van der Waals surface area (Å²) in [6.45, 7) is 4.12. The highest BCUT2D eigenvalue weighted by Crippen LogP contribution is 2.23. The molecule has 0 aliphatic carbocycles. The molecule has 1 N–H and O–H groups in total. The number of fused-ring (bicyclic) bond motifs is 1. The summed E-state index contributed by atoms with van der Waals surface area (Å²) in [5.41, 5.74) is 7.17. The van der Waals surface area contributed by atoms with Crippen LogP contribution in [0.5, 0.6) is 0 Å². The highest BCUT2D eigenvalue weighted by atomic mass is 16.1. The fourth-order valence-corrected chi connectivity index (χ4v) is 3.23. The Kier molecular flexibility index (Phi) is 4.94. The van der Waals surface area contributed by atoms with Crippen LogP contribution in [-0.2, 0) is 11.2 Å². The second kappa shape index (κ2) is 7.69. The molecule has 0 atom stereocenters. The zero-order valence-electron chi connectivity index (χ0n) is 16.1. The fourth-order valence-electron chi connectivity index (χ4n) is 3.23. The number of benzene rings is 2.